The predicted octanol–water partition coefficient (Wildman–Crippen LogP) is 1.89. The molecular formula is C13H18N4O3S. The fourth-order valence-electron chi connectivity index (χ4n) is 2.51. The molecule has 2 atom stereocenters. The smallest absolute Gasteiger partial charge is 0.293 e. The van der Waals surface area contributed by atoms with Gasteiger partial charge in [0.15, 0.2) is 0 Å². The second-order valence-electron chi connectivity index (χ2n) is 4.97. The molecule has 1 aliphatic rings. The van der Waals surface area contributed by atoms with Crippen LogP contribution in [0.25, 0.3) is 0 Å². The Morgan fingerprint density at radius 2 is 2.24 bits per heavy atom. The number of nitro benzene ring substituents is 1. The van der Waals surface area contributed by atoms with Gasteiger partial charge in [-0.25, -0.2) is 0 Å². The molecule has 0 spiro atoms. The summed E-state index contributed by atoms with van der Waals surface area (Å²) in [6, 6.07) is 4.28. The average molecular weight is 310 g/mol. The van der Waals surface area contributed by atoms with Gasteiger partial charge >= 0.3 is 0 Å². The van der Waals surface area contributed by atoms with Crippen LogP contribution in [-0.4, -0.2) is 28.4 Å². The van der Waals surface area contributed by atoms with Gasteiger partial charge in [-0.1, -0.05) is 0 Å². The molecule has 1 aliphatic carbocycles. The molecule has 1 fully saturated rings. The summed E-state index contributed by atoms with van der Waals surface area (Å²) < 4.78 is 0. The highest BCUT2D eigenvalue weighted by Crippen LogP contribution is 2.29. The van der Waals surface area contributed by atoms with Gasteiger partial charge in [0, 0.05) is 22.9 Å². The van der Waals surface area contributed by atoms with Crippen LogP contribution in [0.1, 0.15) is 29.6 Å². The van der Waals surface area contributed by atoms with E-state index in [0.717, 1.165) is 19.3 Å². The zero-order valence-corrected chi connectivity index (χ0v) is 12.5. The van der Waals surface area contributed by atoms with Gasteiger partial charge < -0.3 is 10.7 Å². The molecule has 2 rings (SSSR count). The quantitative estimate of drug-likeness (QED) is 0.435. The van der Waals surface area contributed by atoms with Gasteiger partial charge in [0.25, 0.3) is 11.6 Å². The summed E-state index contributed by atoms with van der Waals surface area (Å²) >= 11 is 1.82. The van der Waals surface area contributed by atoms with Gasteiger partial charge in [0.05, 0.1) is 4.92 Å². The minimum atomic E-state index is -0.545. The van der Waals surface area contributed by atoms with Crippen LogP contribution in [0.3, 0.4) is 0 Å². The van der Waals surface area contributed by atoms with E-state index in [2.05, 4.69) is 17.0 Å². The van der Waals surface area contributed by atoms with Gasteiger partial charge in [0.2, 0.25) is 0 Å². The largest absolute Gasteiger partial charge is 0.349 e. The van der Waals surface area contributed by atoms with Crippen molar-refractivity contribution in [2.75, 3.05) is 11.7 Å². The molecule has 0 aromatic heterocycles. The van der Waals surface area contributed by atoms with Crippen LogP contribution >= 0.6 is 11.8 Å². The molecule has 1 amide bonds. The maximum absolute atomic E-state index is 12.2. The number of carbonyl (C=O) groups is 1. The second kappa shape index (κ2) is 6.77. The number of nitrogen functional groups attached to an aromatic ring is 1. The fourth-order valence-corrected chi connectivity index (χ4v) is 3.30. The van der Waals surface area contributed by atoms with Crippen molar-refractivity contribution in [1.29, 1.82) is 0 Å². The molecule has 0 heterocycles. The number of nitrogens with one attached hydrogen (secondary N) is 2. The molecule has 1 aromatic rings. The Labute approximate surface area is 126 Å². The van der Waals surface area contributed by atoms with Crippen molar-refractivity contribution in [3.63, 3.8) is 0 Å². The van der Waals surface area contributed by atoms with Crippen LogP contribution in [0.5, 0.6) is 0 Å². The Hall–Kier alpha value is -1.80. The maximum atomic E-state index is 12.2. The van der Waals surface area contributed by atoms with E-state index in [0.29, 0.717) is 10.8 Å². The Morgan fingerprint density at radius 1 is 1.48 bits per heavy atom. The zero-order chi connectivity index (χ0) is 15.4. The third-order valence-corrected chi connectivity index (χ3v) is 4.76. The van der Waals surface area contributed by atoms with Gasteiger partial charge in [-0.05, 0) is 37.7 Å². The standard InChI is InChI=1S/C13H18N4O3S/c1-21-10-4-3-9(7-10)15-13(18)8-2-5-12(17(19)20)11(6-8)16-14/h2,5-6,9-10,16H,3-4,7,14H2,1H3,(H,15,18). The van der Waals surface area contributed by atoms with Crippen LogP contribution in [0.2, 0.25) is 0 Å². The Bertz CT molecular complexity index is 552. The van der Waals surface area contributed by atoms with Crippen molar-refractivity contribution in [3.05, 3.63) is 33.9 Å². The van der Waals surface area contributed by atoms with E-state index in [1.165, 1.54) is 18.2 Å². The number of nitrogens with zero attached hydrogens (tertiary/aromatic N) is 1. The third-order valence-electron chi connectivity index (χ3n) is 3.66. The summed E-state index contributed by atoms with van der Waals surface area (Å²) in [7, 11) is 0. The highest BCUT2D eigenvalue weighted by Gasteiger charge is 2.26. The summed E-state index contributed by atoms with van der Waals surface area (Å²) in [6.07, 6.45) is 5.10. The number of nitro groups is 1. The molecule has 0 saturated heterocycles. The van der Waals surface area contributed by atoms with Crippen molar-refractivity contribution in [3.8, 4) is 0 Å². The summed E-state index contributed by atoms with van der Waals surface area (Å²) in [5, 5.41) is 14.4. The number of rotatable bonds is 5. The summed E-state index contributed by atoms with van der Waals surface area (Å²) in [6.45, 7) is 0. The van der Waals surface area contributed by atoms with Gasteiger partial charge in [-0.3, -0.25) is 20.8 Å². The van der Waals surface area contributed by atoms with Crippen LogP contribution in [0.4, 0.5) is 11.4 Å². The first-order valence-electron chi connectivity index (χ1n) is 6.64. The molecule has 114 valence electrons. The summed E-state index contributed by atoms with van der Waals surface area (Å²) in [4.78, 5) is 22.5. The van der Waals surface area contributed by atoms with E-state index >= 15 is 0 Å². The van der Waals surface area contributed by atoms with E-state index < -0.39 is 4.92 Å². The minimum absolute atomic E-state index is 0.126. The van der Waals surface area contributed by atoms with E-state index in [9.17, 15) is 14.9 Å². The SMILES string of the molecule is CSC1CCC(NC(=O)c2ccc([N+](=O)[O-])c(NN)c2)C1. The normalized spacial score (nSPS) is 21.0. The highest BCUT2D eigenvalue weighted by molar-refractivity contribution is 7.99. The topological polar surface area (TPSA) is 110 Å². The van der Waals surface area contributed by atoms with Crippen molar-refractivity contribution >= 4 is 29.0 Å². The zero-order valence-electron chi connectivity index (χ0n) is 11.7. The first kappa shape index (κ1) is 15.6. The highest BCUT2D eigenvalue weighted by atomic mass is 32.2. The van der Waals surface area contributed by atoms with Crippen molar-refractivity contribution in [1.82, 2.24) is 5.32 Å². The first-order chi connectivity index (χ1) is 10.0. The van der Waals surface area contributed by atoms with Crippen LogP contribution < -0.4 is 16.6 Å². The van der Waals surface area contributed by atoms with Crippen LogP contribution in [0.15, 0.2) is 18.2 Å². The molecule has 0 radical (unpaired) electrons. The molecule has 1 saturated carbocycles. The van der Waals surface area contributed by atoms with E-state index in [1.807, 2.05) is 11.8 Å². The molecule has 21 heavy (non-hydrogen) atoms. The van der Waals surface area contributed by atoms with Crippen molar-refractivity contribution in [2.45, 2.75) is 30.6 Å². The number of anilines is 1. The number of hydrazine groups is 1. The van der Waals surface area contributed by atoms with E-state index in [-0.39, 0.29) is 23.3 Å². The molecule has 0 bridgehead atoms. The number of carbonyl (C=O) groups excluding carboxylic acids is 1. The summed E-state index contributed by atoms with van der Waals surface area (Å²) in [5.74, 6) is 5.04. The number of benzene rings is 1. The predicted molar refractivity (Wildman–Crippen MR) is 83.3 cm³/mol. The monoisotopic (exact) mass is 310 g/mol. The van der Waals surface area contributed by atoms with Crippen LogP contribution in [0, 0.1) is 10.1 Å². The van der Waals surface area contributed by atoms with E-state index in [4.69, 9.17) is 5.84 Å². The number of amides is 1. The minimum Gasteiger partial charge on any atom is -0.349 e. The number of thioether (sulfide) groups is 1. The number of nitrogens with two attached hydrogens (primary N) is 1. The van der Waals surface area contributed by atoms with E-state index in [1.54, 1.807) is 0 Å². The van der Waals surface area contributed by atoms with Gasteiger partial charge in [0.1, 0.15) is 5.69 Å². The first-order valence-corrected chi connectivity index (χ1v) is 7.92. The Kier molecular flexibility index (Phi) is 5.03. The van der Waals surface area contributed by atoms with Crippen molar-refractivity contribution in [2.24, 2.45) is 5.84 Å². The molecule has 4 N–H and O–H groups in total. The molecule has 1 aromatic carbocycles. The second-order valence-corrected chi connectivity index (χ2v) is 6.11. The lowest BCUT2D eigenvalue weighted by Gasteiger charge is -2.13. The number of hydrogen-bond acceptors (Lipinski definition) is 6. The summed E-state index contributed by atoms with van der Waals surface area (Å²) in [5.41, 5.74) is 2.59. The van der Waals surface area contributed by atoms with Crippen molar-refractivity contribution < 1.29 is 9.72 Å². The lowest BCUT2D eigenvalue weighted by atomic mass is 10.1. The van der Waals surface area contributed by atoms with Crippen LogP contribution in [-0.2, 0) is 0 Å². The average Bonchev–Trinajstić information content (AvgIpc) is 2.93. The Balaban J connectivity index is 2.07. The van der Waals surface area contributed by atoms with Gasteiger partial charge in [-0.2, -0.15) is 11.8 Å². The molecular weight excluding hydrogens is 292 g/mol. The molecule has 0 aliphatic heterocycles. The Morgan fingerprint density at radius 3 is 2.81 bits per heavy atom. The lowest BCUT2D eigenvalue weighted by Crippen LogP contribution is -2.33. The maximum Gasteiger partial charge on any atom is 0.293 e. The molecule has 8 heteroatoms. The molecule has 2 unspecified atom stereocenters. The lowest BCUT2D eigenvalue weighted by molar-refractivity contribution is -0.384. The van der Waals surface area contributed by atoms with Gasteiger partial charge in [-0.15, -0.1) is 0 Å². The number of hydrogen-bond donors (Lipinski definition) is 3. The fraction of sp³-hybridized carbons (Fsp3) is 0.462. The third kappa shape index (κ3) is 3.64. The molecule has 7 nitrogen and oxygen atoms in total.